The number of aromatic nitrogens is 1. The molecule has 1 atom stereocenters. The van der Waals surface area contributed by atoms with Gasteiger partial charge in [0.15, 0.2) is 0 Å². The molecule has 1 amide bonds. The van der Waals surface area contributed by atoms with Gasteiger partial charge in [-0.3, -0.25) is 9.59 Å². The summed E-state index contributed by atoms with van der Waals surface area (Å²) in [7, 11) is 0. The van der Waals surface area contributed by atoms with Gasteiger partial charge in [-0.05, 0) is 11.6 Å². The van der Waals surface area contributed by atoms with Crippen LogP contribution in [-0.2, 0) is 6.42 Å². The first-order chi connectivity index (χ1) is 11.6. The predicted molar refractivity (Wildman–Crippen MR) is 93.1 cm³/mol. The van der Waals surface area contributed by atoms with Crippen LogP contribution in [0.1, 0.15) is 15.9 Å². The van der Waals surface area contributed by atoms with Gasteiger partial charge in [0.2, 0.25) is 5.56 Å². The summed E-state index contributed by atoms with van der Waals surface area (Å²) in [5.74, 6) is -0.371. The lowest BCUT2D eigenvalue weighted by molar-refractivity contribution is 0.0917. The maximum atomic E-state index is 12.4. The number of para-hydroxylation sites is 1. The number of H-pyrrole nitrogens is 1. The van der Waals surface area contributed by atoms with E-state index in [1.165, 1.54) is 6.07 Å². The van der Waals surface area contributed by atoms with E-state index in [2.05, 4.69) is 10.3 Å². The topological polar surface area (TPSA) is 82.2 Å². The van der Waals surface area contributed by atoms with Crippen LogP contribution in [0.2, 0.25) is 0 Å². The van der Waals surface area contributed by atoms with Crippen molar-refractivity contribution in [3.8, 4) is 0 Å². The lowest BCUT2D eigenvalue weighted by Gasteiger charge is -2.13. The molecule has 0 bridgehead atoms. The van der Waals surface area contributed by atoms with Gasteiger partial charge in [-0.25, -0.2) is 0 Å². The molecular weight excluding hydrogens is 304 g/mol. The molecule has 0 aliphatic carbocycles. The standard InChI is InChI=1S/C19H18N2O3/c22-14(10-13-6-2-1-3-7-13)12-20-19(24)16-11-18(23)21-17-9-5-4-8-15(16)17/h1-9,11,14,22H,10,12H2,(H,20,24)(H,21,23). The molecule has 2 aromatic carbocycles. The van der Waals surface area contributed by atoms with Crippen molar-refractivity contribution in [3.63, 3.8) is 0 Å². The SMILES string of the molecule is O=C(NCC(O)Cc1ccccc1)c1cc(=O)[nH]c2ccccc12. The van der Waals surface area contributed by atoms with Gasteiger partial charge in [0.25, 0.3) is 5.91 Å². The first-order valence-electron chi connectivity index (χ1n) is 7.76. The molecule has 0 saturated heterocycles. The van der Waals surface area contributed by atoms with Crippen molar-refractivity contribution in [1.82, 2.24) is 10.3 Å². The van der Waals surface area contributed by atoms with Crippen LogP contribution in [0.15, 0.2) is 65.5 Å². The van der Waals surface area contributed by atoms with E-state index >= 15 is 0 Å². The van der Waals surface area contributed by atoms with Crippen molar-refractivity contribution in [1.29, 1.82) is 0 Å². The number of aliphatic hydroxyl groups is 1. The van der Waals surface area contributed by atoms with Crippen LogP contribution < -0.4 is 10.9 Å². The Morgan fingerprint density at radius 2 is 1.79 bits per heavy atom. The number of benzene rings is 2. The first kappa shape index (κ1) is 16.0. The maximum Gasteiger partial charge on any atom is 0.252 e. The Labute approximate surface area is 139 Å². The molecule has 0 radical (unpaired) electrons. The zero-order valence-corrected chi connectivity index (χ0v) is 13.0. The maximum absolute atomic E-state index is 12.4. The van der Waals surface area contributed by atoms with Gasteiger partial charge in [0.05, 0.1) is 11.7 Å². The molecule has 5 nitrogen and oxygen atoms in total. The third-order valence-corrected chi connectivity index (χ3v) is 3.81. The first-order valence-corrected chi connectivity index (χ1v) is 7.76. The Bertz CT molecular complexity index is 903. The number of amides is 1. The van der Waals surface area contributed by atoms with Gasteiger partial charge in [-0.15, -0.1) is 0 Å². The normalized spacial score (nSPS) is 12.0. The molecular formula is C19H18N2O3. The van der Waals surface area contributed by atoms with Gasteiger partial charge in [0, 0.05) is 29.9 Å². The van der Waals surface area contributed by atoms with Crippen LogP contribution in [0, 0.1) is 0 Å². The summed E-state index contributed by atoms with van der Waals surface area (Å²) < 4.78 is 0. The Morgan fingerprint density at radius 3 is 2.58 bits per heavy atom. The minimum absolute atomic E-state index is 0.120. The van der Waals surface area contributed by atoms with E-state index in [0.717, 1.165) is 5.56 Å². The largest absolute Gasteiger partial charge is 0.391 e. The molecule has 5 heteroatoms. The van der Waals surface area contributed by atoms with Crippen LogP contribution in [0.3, 0.4) is 0 Å². The highest BCUT2D eigenvalue weighted by atomic mass is 16.3. The number of aliphatic hydroxyl groups excluding tert-OH is 1. The quantitative estimate of drug-likeness (QED) is 0.670. The van der Waals surface area contributed by atoms with Crippen molar-refractivity contribution in [2.24, 2.45) is 0 Å². The van der Waals surface area contributed by atoms with Crippen molar-refractivity contribution in [2.45, 2.75) is 12.5 Å². The fourth-order valence-corrected chi connectivity index (χ4v) is 2.66. The number of nitrogens with one attached hydrogen (secondary N) is 2. The van der Waals surface area contributed by atoms with Crippen LogP contribution >= 0.6 is 0 Å². The van der Waals surface area contributed by atoms with E-state index in [-0.39, 0.29) is 18.0 Å². The second kappa shape index (κ2) is 7.10. The zero-order chi connectivity index (χ0) is 16.9. The van der Waals surface area contributed by atoms with Crippen LogP contribution in [0.5, 0.6) is 0 Å². The molecule has 3 rings (SSSR count). The number of aromatic amines is 1. The van der Waals surface area contributed by atoms with Gasteiger partial charge in [-0.1, -0.05) is 48.5 Å². The minimum Gasteiger partial charge on any atom is -0.391 e. The Hall–Kier alpha value is -2.92. The molecule has 24 heavy (non-hydrogen) atoms. The number of fused-ring (bicyclic) bond motifs is 1. The summed E-state index contributed by atoms with van der Waals surface area (Å²) in [6.07, 6.45) is -0.235. The molecule has 3 N–H and O–H groups in total. The fourth-order valence-electron chi connectivity index (χ4n) is 2.66. The average Bonchev–Trinajstić information content (AvgIpc) is 2.59. The zero-order valence-electron chi connectivity index (χ0n) is 13.0. The highest BCUT2D eigenvalue weighted by Crippen LogP contribution is 2.14. The highest BCUT2D eigenvalue weighted by Gasteiger charge is 2.13. The summed E-state index contributed by atoms with van der Waals surface area (Å²) in [4.78, 5) is 26.8. The second-order valence-corrected chi connectivity index (χ2v) is 5.65. The van der Waals surface area contributed by atoms with Crippen LogP contribution in [-0.4, -0.2) is 28.6 Å². The lowest BCUT2D eigenvalue weighted by atomic mass is 10.1. The summed E-state index contributed by atoms with van der Waals surface area (Å²) in [6, 6.07) is 18.0. The molecule has 122 valence electrons. The molecule has 0 spiro atoms. The number of pyridine rings is 1. The molecule has 1 heterocycles. The second-order valence-electron chi connectivity index (χ2n) is 5.65. The highest BCUT2D eigenvalue weighted by molar-refractivity contribution is 6.05. The number of rotatable bonds is 5. The monoisotopic (exact) mass is 322 g/mol. The molecule has 0 aliphatic heterocycles. The smallest absolute Gasteiger partial charge is 0.252 e. The number of carbonyl (C=O) groups is 1. The van der Waals surface area contributed by atoms with Crippen molar-refractivity contribution < 1.29 is 9.90 Å². The number of carbonyl (C=O) groups excluding carboxylic acids is 1. The third-order valence-electron chi connectivity index (χ3n) is 3.81. The van der Waals surface area contributed by atoms with Crippen molar-refractivity contribution in [2.75, 3.05) is 6.54 Å². The summed E-state index contributed by atoms with van der Waals surface area (Å²) >= 11 is 0. The summed E-state index contributed by atoms with van der Waals surface area (Å²) in [6.45, 7) is 0.120. The third kappa shape index (κ3) is 3.70. The van der Waals surface area contributed by atoms with E-state index in [1.807, 2.05) is 36.4 Å². The lowest BCUT2D eigenvalue weighted by Crippen LogP contribution is -2.33. The van der Waals surface area contributed by atoms with E-state index < -0.39 is 6.10 Å². The van der Waals surface area contributed by atoms with E-state index in [4.69, 9.17) is 0 Å². The Kier molecular flexibility index (Phi) is 4.72. The van der Waals surface area contributed by atoms with Crippen molar-refractivity contribution >= 4 is 16.8 Å². The predicted octanol–water partition coefficient (Wildman–Crippen LogP) is 1.86. The van der Waals surface area contributed by atoms with Crippen molar-refractivity contribution in [3.05, 3.63) is 82.1 Å². The summed E-state index contributed by atoms with van der Waals surface area (Å²) in [5, 5.41) is 13.5. The molecule has 0 fully saturated rings. The molecule has 0 aliphatic rings. The van der Waals surface area contributed by atoms with Gasteiger partial charge in [-0.2, -0.15) is 0 Å². The van der Waals surface area contributed by atoms with Gasteiger partial charge < -0.3 is 15.4 Å². The number of hydrogen-bond acceptors (Lipinski definition) is 3. The minimum atomic E-state index is -0.690. The van der Waals surface area contributed by atoms with Gasteiger partial charge in [0.1, 0.15) is 0 Å². The van der Waals surface area contributed by atoms with Crippen LogP contribution in [0.4, 0.5) is 0 Å². The molecule has 3 aromatic rings. The fraction of sp³-hybridized carbons (Fsp3) is 0.158. The van der Waals surface area contributed by atoms with Crippen LogP contribution in [0.25, 0.3) is 10.9 Å². The molecule has 1 aromatic heterocycles. The number of hydrogen-bond donors (Lipinski definition) is 3. The molecule has 1 unspecified atom stereocenters. The van der Waals surface area contributed by atoms with Gasteiger partial charge >= 0.3 is 0 Å². The van der Waals surface area contributed by atoms with E-state index in [0.29, 0.717) is 22.9 Å². The van der Waals surface area contributed by atoms with E-state index in [1.54, 1.807) is 18.2 Å². The molecule has 0 saturated carbocycles. The Morgan fingerprint density at radius 1 is 1.08 bits per heavy atom. The average molecular weight is 322 g/mol. The van der Waals surface area contributed by atoms with E-state index in [9.17, 15) is 14.7 Å². The summed E-state index contributed by atoms with van der Waals surface area (Å²) in [5.41, 5.74) is 1.59. The Balaban J connectivity index is 1.70.